The van der Waals surface area contributed by atoms with Crippen LogP contribution in [0.15, 0.2) is 42.5 Å². The summed E-state index contributed by atoms with van der Waals surface area (Å²) in [5.74, 6) is -0.196. The van der Waals surface area contributed by atoms with E-state index in [0.717, 1.165) is 24.1 Å². The molecule has 6 heteroatoms. The highest BCUT2D eigenvalue weighted by Crippen LogP contribution is 2.30. The molecule has 2 aromatic rings. The minimum Gasteiger partial charge on any atom is -0.478 e. The Kier molecular flexibility index (Phi) is 4.97. The number of nitrogens with one attached hydrogen (secondary N) is 1. The minimum absolute atomic E-state index is 0.161. The lowest BCUT2D eigenvalue weighted by Gasteiger charge is -2.32. The van der Waals surface area contributed by atoms with E-state index in [1.165, 1.54) is 0 Å². The van der Waals surface area contributed by atoms with E-state index in [-0.39, 0.29) is 11.9 Å². The molecule has 1 saturated heterocycles. The summed E-state index contributed by atoms with van der Waals surface area (Å²) in [7, 11) is 0. The van der Waals surface area contributed by atoms with E-state index in [1.54, 1.807) is 23.1 Å². The highest BCUT2D eigenvalue weighted by atomic mass is 16.4. The van der Waals surface area contributed by atoms with E-state index >= 15 is 0 Å². The summed E-state index contributed by atoms with van der Waals surface area (Å²) in [5.41, 5.74) is 2.06. The number of nitrogens with zero attached hydrogens (tertiary/aromatic N) is 2. The summed E-state index contributed by atoms with van der Waals surface area (Å²) in [6.07, 6.45) is 1.50. The number of hydrogen-bond acceptors (Lipinski definition) is 3. The molecule has 0 spiro atoms. The first-order valence-electron chi connectivity index (χ1n) is 8.36. The second kappa shape index (κ2) is 7.34. The van der Waals surface area contributed by atoms with Crippen molar-refractivity contribution in [3.63, 3.8) is 0 Å². The Labute approximate surface area is 146 Å². The maximum atomic E-state index is 12.4. The van der Waals surface area contributed by atoms with Gasteiger partial charge in [0.1, 0.15) is 5.82 Å². The van der Waals surface area contributed by atoms with Crippen molar-refractivity contribution in [2.75, 3.05) is 18.4 Å². The van der Waals surface area contributed by atoms with Crippen LogP contribution < -0.4 is 5.32 Å². The fourth-order valence-corrected chi connectivity index (χ4v) is 3.24. The fourth-order valence-electron chi connectivity index (χ4n) is 3.24. The summed E-state index contributed by atoms with van der Waals surface area (Å²) in [5, 5.41) is 12.2. The maximum Gasteiger partial charge on any atom is 0.335 e. The molecule has 25 heavy (non-hydrogen) atoms. The SMILES string of the molecule is Cc1cccc(NC(=O)N2CCC(c3ccccc3C(=O)O)CC2)n1. The molecule has 0 bridgehead atoms. The van der Waals surface area contributed by atoms with Crippen LogP contribution in [-0.4, -0.2) is 40.1 Å². The zero-order valence-corrected chi connectivity index (χ0v) is 14.1. The number of carbonyl (C=O) groups excluding carboxylic acids is 1. The Morgan fingerprint density at radius 3 is 2.52 bits per heavy atom. The molecule has 1 aliphatic heterocycles. The number of anilines is 1. The van der Waals surface area contributed by atoms with Crippen LogP contribution in [0.4, 0.5) is 10.6 Å². The van der Waals surface area contributed by atoms with Gasteiger partial charge in [-0.2, -0.15) is 0 Å². The average molecular weight is 339 g/mol. The second-order valence-corrected chi connectivity index (χ2v) is 6.25. The van der Waals surface area contributed by atoms with Crippen molar-refractivity contribution in [2.24, 2.45) is 0 Å². The molecule has 0 radical (unpaired) electrons. The molecule has 1 aromatic heterocycles. The molecule has 0 aliphatic carbocycles. The van der Waals surface area contributed by atoms with Crippen molar-refractivity contribution >= 4 is 17.8 Å². The molecular weight excluding hydrogens is 318 g/mol. The van der Waals surface area contributed by atoms with Crippen molar-refractivity contribution in [2.45, 2.75) is 25.7 Å². The third-order valence-electron chi connectivity index (χ3n) is 4.54. The number of pyridine rings is 1. The van der Waals surface area contributed by atoms with Gasteiger partial charge in [0.15, 0.2) is 0 Å². The molecule has 2 amide bonds. The van der Waals surface area contributed by atoms with Crippen molar-refractivity contribution in [3.05, 3.63) is 59.3 Å². The second-order valence-electron chi connectivity index (χ2n) is 6.25. The quantitative estimate of drug-likeness (QED) is 0.896. The smallest absolute Gasteiger partial charge is 0.335 e. The van der Waals surface area contributed by atoms with Gasteiger partial charge in [-0.15, -0.1) is 0 Å². The molecule has 2 heterocycles. The number of carboxylic acid groups (broad SMARTS) is 1. The Hall–Kier alpha value is -2.89. The lowest BCUT2D eigenvalue weighted by Crippen LogP contribution is -2.40. The number of urea groups is 1. The first-order chi connectivity index (χ1) is 12.0. The van der Waals surface area contributed by atoms with Gasteiger partial charge < -0.3 is 10.0 Å². The number of aryl methyl sites for hydroxylation is 1. The van der Waals surface area contributed by atoms with Crippen LogP contribution in [0, 0.1) is 6.92 Å². The van der Waals surface area contributed by atoms with E-state index in [1.807, 2.05) is 31.2 Å². The number of hydrogen-bond donors (Lipinski definition) is 2. The van der Waals surface area contributed by atoms with Crippen molar-refractivity contribution in [1.82, 2.24) is 9.88 Å². The molecule has 2 N–H and O–H groups in total. The van der Waals surface area contributed by atoms with E-state index < -0.39 is 5.97 Å². The zero-order chi connectivity index (χ0) is 17.8. The van der Waals surface area contributed by atoms with Gasteiger partial charge in [-0.3, -0.25) is 5.32 Å². The standard InChI is InChI=1S/C19H21N3O3/c1-13-5-4-8-17(20-13)21-19(25)22-11-9-14(10-12-22)15-6-2-3-7-16(15)18(23)24/h2-8,14H,9-12H2,1H3,(H,23,24)(H,20,21,25). The number of benzene rings is 1. The molecule has 0 saturated carbocycles. The van der Waals surface area contributed by atoms with Crippen LogP contribution in [0.25, 0.3) is 0 Å². The molecule has 1 aromatic carbocycles. The van der Waals surface area contributed by atoms with Crippen LogP contribution in [0.5, 0.6) is 0 Å². The third kappa shape index (κ3) is 3.96. The molecule has 3 rings (SSSR count). The van der Waals surface area contributed by atoms with Gasteiger partial charge in [0.25, 0.3) is 0 Å². The normalized spacial score (nSPS) is 15.0. The van der Waals surface area contributed by atoms with Crippen LogP contribution in [-0.2, 0) is 0 Å². The predicted molar refractivity (Wildman–Crippen MR) is 94.9 cm³/mol. The molecular formula is C19H21N3O3. The van der Waals surface area contributed by atoms with Gasteiger partial charge in [0.2, 0.25) is 0 Å². The van der Waals surface area contributed by atoms with Crippen molar-refractivity contribution in [3.8, 4) is 0 Å². The topological polar surface area (TPSA) is 82.5 Å². The molecule has 0 unspecified atom stereocenters. The Morgan fingerprint density at radius 1 is 1.12 bits per heavy atom. The van der Waals surface area contributed by atoms with Crippen LogP contribution >= 0.6 is 0 Å². The number of carboxylic acids is 1. The van der Waals surface area contributed by atoms with Gasteiger partial charge in [0.05, 0.1) is 5.56 Å². The Bertz CT molecular complexity index is 783. The van der Waals surface area contributed by atoms with E-state index in [0.29, 0.717) is 24.5 Å². The predicted octanol–water partition coefficient (Wildman–Crippen LogP) is 3.50. The van der Waals surface area contributed by atoms with E-state index in [9.17, 15) is 14.7 Å². The number of likely N-dealkylation sites (tertiary alicyclic amines) is 1. The number of aromatic nitrogens is 1. The fraction of sp³-hybridized carbons (Fsp3) is 0.316. The van der Waals surface area contributed by atoms with Gasteiger partial charge in [-0.25, -0.2) is 14.6 Å². The summed E-state index contributed by atoms with van der Waals surface area (Å²) in [6.45, 7) is 3.06. The van der Waals surface area contributed by atoms with E-state index in [4.69, 9.17) is 0 Å². The van der Waals surface area contributed by atoms with Crippen LogP contribution in [0.2, 0.25) is 0 Å². The number of aromatic carboxylic acids is 1. The van der Waals surface area contributed by atoms with Gasteiger partial charge in [-0.1, -0.05) is 24.3 Å². The average Bonchev–Trinajstić information content (AvgIpc) is 2.62. The zero-order valence-electron chi connectivity index (χ0n) is 14.1. The first-order valence-corrected chi connectivity index (χ1v) is 8.36. The Balaban J connectivity index is 1.62. The summed E-state index contributed by atoms with van der Waals surface area (Å²) < 4.78 is 0. The van der Waals surface area contributed by atoms with Crippen LogP contribution in [0.1, 0.15) is 40.4 Å². The summed E-state index contributed by atoms with van der Waals surface area (Å²) >= 11 is 0. The summed E-state index contributed by atoms with van der Waals surface area (Å²) in [4.78, 5) is 29.8. The number of carbonyl (C=O) groups is 2. The molecule has 1 aliphatic rings. The van der Waals surface area contributed by atoms with Crippen molar-refractivity contribution < 1.29 is 14.7 Å². The molecule has 130 valence electrons. The Morgan fingerprint density at radius 2 is 1.84 bits per heavy atom. The van der Waals surface area contributed by atoms with E-state index in [2.05, 4.69) is 10.3 Å². The summed E-state index contributed by atoms with van der Waals surface area (Å²) in [6, 6.07) is 12.5. The molecule has 6 nitrogen and oxygen atoms in total. The number of piperidine rings is 1. The maximum absolute atomic E-state index is 12.4. The van der Waals surface area contributed by atoms with Gasteiger partial charge in [0, 0.05) is 18.8 Å². The molecule has 1 fully saturated rings. The van der Waals surface area contributed by atoms with Gasteiger partial charge >= 0.3 is 12.0 Å². The number of rotatable bonds is 3. The molecule has 0 atom stereocenters. The highest BCUT2D eigenvalue weighted by Gasteiger charge is 2.26. The van der Waals surface area contributed by atoms with Gasteiger partial charge in [-0.05, 0) is 49.4 Å². The van der Waals surface area contributed by atoms with Crippen molar-refractivity contribution in [1.29, 1.82) is 0 Å². The minimum atomic E-state index is -0.902. The number of amides is 2. The monoisotopic (exact) mass is 339 g/mol. The lowest BCUT2D eigenvalue weighted by atomic mass is 9.86. The van der Waals surface area contributed by atoms with Crippen LogP contribution in [0.3, 0.4) is 0 Å². The largest absolute Gasteiger partial charge is 0.478 e. The first kappa shape index (κ1) is 17.0. The lowest BCUT2D eigenvalue weighted by molar-refractivity contribution is 0.0694. The highest BCUT2D eigenvalue weighted by molar-refractivity contribution is 5.90. The third-order valence-corrected chi connectivity index (χ3v) is 4.54.